The van der Waals surface area contributed by atoms with Crippen molar-refractivity contribution in [1.29, 1.82) is 0 Å². The molecule has 0 radical (unpaired) electrons. The van der Waals surface area contributed by atoms with E-state index in [-0.39, 0.29) is 29.3 Å². The Morgan fingerprint density at radius 2 is 1.76 bits per heavy atom. The number of thiophene rings is 1. The highest BCUT2D eigenvalue weighted by Crippen LogP contribution is 2.30. The van der Waals surface area contributed by atoms with E-state index in [4.69, 9.17) is 0 Å². The molecule has 2 aliphatic rings. The highest BCUT2D eigenvalue weighted by molar-refractivity contribution is 7.12. The average Bonchev–Trinajstić information content (AvgIpc) is 3.44. The second-order valence-electron chi connectivity index (χ2n) is 8.42. The van der Waals surface area contributed by atoms with Gasteiger partial charge < -0.3 is 15.5 Å². The number of rotatable bonds is 6. The minimum Gasteiger partial charge on any atom is -0.352 e. The summed E-state index contributed by atoms with van der Waals surface area (Å²) in [6.07, 6.45) is -1.77. The van der Waals surface area contributed by atoms with Crippen LogP contribution in [0, 0.1) is 5.92 Å². The van der Waals surface area contributed by atoms with E-state index in [9.17, 15) is 27.6 Å². The third kappa shape index (κ3) is 5.73. The van der Waals surface area contributed by atoms with E-state index in [1.54, 1.807) is 17.5 Å². The number of carbonyl (C=O) groups excluding carboxylic acids is 3. The monoisotopic (exact) mass is 479 g/mol. The van der Waals surface area contributed by atoms with E-state index < -0.39 is 23.7 Å². The highest BCUT2D eigenvalue weighted by atomic mass is 32.1. The lowest BCUT2D eigenvalue weighted by Gasteiger charge is -2.36. The summed E-state index contributed by atoms with van der Waals surface area (Å²) >= 11 is 1.29. The summed E-state index contributed by atoms with van der Waals surface area (Å²) in [4.78, 5) is 40.3. The fraction of sp³-hybridized carbons (Fsp3) is 0.435. The van der Waals surface area contributed by atoms with Crippen molar-refractivity contribution >= 4 is 29.1 Å². The Balaban J connectivity index is 1.41. The second kappa shape index (κ2) is 9.54. The molecule has 1 unspecified atom stereocenters. The number of alkyl halides is 3. The molecule has 0 bridgehead atoms. The van der Waals surface area contributed by atoms with Gasteiger partial charge in [-0.2, -0.15) is 13.2 Å². The molecule has 1 atom stereocenters. The van der Waals surface area contributed by atoms with Gasteiger partial charge in [-0.25, -0.2) is 0 Å². The van der Waals surface area contributed by atoms with Gasteiger partial charge in [0.2, 0.25) is 5.91 Å². The van der Waals surface area contributed by atoms with Crippen molar-refractivity contribution in [3.05, 3.63) is 57.8 Å². The molecule has 33 heavy (non-hydrogen) atoms. The molecule has 2 heterocycles. The largest absolute Gasteiger partial charge is 0.416 e. The summed E-state index contributed by atoms with van der Waals surface area (Å²) in [5, 5.41) is 7.58. The Morgan fingerprint density at radius 1 is 1.03 bits per heavy atom. The van der Waals surface area contributed by atoms with Crippen LogP contribution in [0.4, 0.5) is 13.2 Å². The number of nitrogens with one attached hydrogen (secondary N) is 2. The summed E-state index contributed by atoms with van der Waals surface area (Å²) in [5.74, 6) is -1.20. The van der Waals surface area contributed by atoms with Crippen molar-refractivity contribution in [1.82, 2.24) is 15.5 Å². The van der Waals surface area contributed by atoms with Gasteiger partial charge in [0.15, 0.2) is 0 Å². The molecular weight excluding hydrogens is 455 g/mol. The van der Waals surface area contributed by atoms with Gasteiger partial charge in [0, 0.05) is 24.7 Å². The zero-order chi connectivity index (χ0) is 23.6. The van der Waals surface area contributed by atoms with E-state index in [0.29, 0.717) is 30.8 Å². The van der Waals surface area contributed by atoms with Gasteiger partial charge in [0.05, 0.1) is 10.4 Å². The molecule has 1 saturated carbocycles. The van der Waals surface area contributed by atoms with Gasteiger partial charge in [-0.15, -0.1) is 11.3 Å². The molecule has 3 amide bonds. The Hall–Kier alpha value is -2.88. The van der Waals surface area contributed by atoms with Crippen molar-refractivity contribution in [2.24, 2.45) is 5.92 Å². The Morgan fingerprint density at radius 3 is 2.36 bits per heavy atom. The minimum absolute atomic E-state index is 0.0164. The molecule has 2 aromatic rings. The van der Waals surface area contributed by atoms with Crippen LogP contribution in [0.3, 0.4) is 0 Å². The summed E-state index contributed by atoms with van der Waals surface area (Å²) in [6, 6.07) is 7.25. The van der Waals surface area contributed by atoms with E-state index in [2.05, 4.69) is 10.6 Å². The van der Waals surface area contributed by atoms with Gasteiger partial charge >= 0.3 is 6.18 Å². The molecule has 1 saturated heterocycles. The first-order chi connectivity index (χ1) is 15.7. The summed E-state index contributed by atoms with van der Waals surface area (Å²) in [6.45, 7) is 0.587. The predicted octanol–water partition coefficient (Wildman–Crippen LogP) is 3.70. The van der Waals surface area contributed by atoms with Gasteiger partial charge in [-0.3, -0.25) is 14.4 Å². The van der Waals surface area contributed by atoms with Crippen LogP contribution in [0.15, 0.2) is 41.8 Å². The Bertz CT molecular complexity index is 1010. The molecule has 10 heteroatoms. The molecule has 6 nitrogen and oxygen atoms in total. The molecule has 176 valence electrons. The van der Waals surface area contributed by atoms with Crippen molar-refractivity contribution in [3.8, 4) is 0 Å². The Labute approximate surface area is 193 Å². The van der Waals surface area contributed by atoms with Crippen LogP contribution in [0.1, 0.15) is 51.3 Å². The van der Waals surface area contributed by atoms with E-state index in [1.165, 1.54) is 28.4 Å². The number of hydrogen-bond acceptors (Lipinski definition) is 4. The number of halogens is 3. The summed E-state index contributed by atoms with van der Waals surface area (Å²) in [7, 11) is 0. The van der Waals surface area contributed by atoms with Crippen molar-refractivity contribution < 1.29 is 27.6 Å². The number of likely N-dealkylation sites (tertiary alicyclic amines) is 1. The van der Waals surface area contributed by atoms with Crippen molar-refractivity contribution in [2.75, 3.05) is 13.1 Å². The van der Waals surface area contributed by atoms with Crippen LogP contribution < -0.4 is 10.6 Å². The second-order valence-corrected chi connectivity index (χ2v) is 9.37. The minimum atomic E-state index is -4.52. The van der Waals surface area contributed by atoms with Gasteiger partial charge in [-0.1, -0.05) is 12.1 Å². The molecule has 2 fully saturated rings. The Kier molecular flexibility index (Phi) is 6.73. The smallest absolute Gasteiger partial charge is 0.352 e. The first-order valence-electron chi connectivity index (χ1n) is 10.8. The third-order valence-corrected chi connectivity index (χ3v) is 6.84. The van der Waals surface area contributed by atoms with E-state index in [1.807, 2.05) is 0 Å². The van der Waals surface area contributed by atoms with Crippen molar-refractivity contribution in [2.45, 2.75) is 43.9 Å². The zero-order valence-electron chi connectivity index (χ0n) is 17.7. The van der Waals surface area contributed by atoms with E-state index in [0.717, 1.165) is 25.0 Å². The molecular formula is C23H24F3N3O3S. The molecule has 1 aromatic heterocycles. The van der Waals surface area contributed by atoms with Crippen LogP contribution in [0.5, 0.6) is 0 Å². The van der Waals surface area contributed by atoms with Crippen LogP contribution in [-0.4, -0.2) is 47.8 Å². The standard InChI is InChI=1S/C23H24F3N3O3S/c24-23(25,26)16-4-1-3-15(13-16)22(32)29-10-8-14(9-11-29)19(21(31)27-17-6-7-17)28-20(30)18-5-2-12-33-18/h1-5,12-14,17,19H,6-11H2,(H,27,31)(H,28,30). The number of amides is 3. The fourth-order valence-electron chi connectivity index (χ4n) is 3.98. The topological polar surface area (TPSA) is 78.5 Å². The number of piperidine rings is 1. The molecule has 1 aromatic carbocycles. The SMILES string of the molecule is O=C(NC(C(=O)NC1CC1)C1CCN(C(=O)c2cccc(C(F)(F)F)c2)CC1)c1cccs1. The highest BCUT2D eigenvalue weighted by Gasteiger charge is 2.37. The molecule has 1 aliphatic carbocycles. The maximum Gasteiger partial charge on any atom is 0.416 e. The quantitative estimate of drug-likeness (QED) is 0.663. The number of hydrogen-bond donors (Lipinski definition) is 2. The van der Waals surface area contributed by atoms with Crippen LogP contribution in [0.2, 0.25) is 0 Å². The third-order valence-electron chi connectivity index (χ3n) is 5.97. The predicted molar refractivity (Wildman–Crippen MR) is 117 cm³/mol. The number of carbonyl (C=O) groups is 3. The van der Waals surface area contributed by atoms with Crippen LogP contribution in [0.25, 0.3) is 0 Å². The molecule has 4 rings (SSSR count). The van der Waals surface area contributed by atoms with Crippen molar-refractivity contribution in [3.63, 3.8) is 0 Å². The van der Waals surface area contributed by atoms with Crippen LogP contribution >= 0.6 is 11.3 Å². The molecule has 0 spiro atoms. The average molecular weight is 480 g/mol. The molecule has 1 aliphatic heterocycles. The number of nitrogens with zero attached hydrogens (tertiary/aromatic N) is 1. The van der Waals surface area contributed by atoms with Gasteiger partial charge in [0.25, 0.3) is 11.8 Å². The summed E-state index contributed by atoms with van der Waals surface area (Å²) < 4.78 is 39.0. The lowest BCUT2D eigenvalue weighted by atomic mass is 9.88. The van der Waals surface area contributed by atoms with E-state index >= 15 is 0 Å². The maximum absolute atomic E-state index is 13.0. The first-order valence-corrected chi connectivity index (χ1v) is 11.7. The lowest BCUT2D eigenvalue weighted by molar-refractivity contribution is -0.137. The maximum atomic E-state index is 13.0. The van der Waals surface area contributed by atoms with Gasteiger partial charge in [0.1, 0.15) is 6.04 Å². The lowest BCUT2D eigenvalue weighted by Crippen LogP contribution is -2.54. The zero-order valence-corrected chi connectivity index (χ0v) is 18.5. The molecule has 2 N–H and O–H groups in total. The van der Waals surface area contributed by atoms with Gasteiger partial charge in [-0.05, 0) is 61.2 Å². The summed E-state index contributed by atoms with van der Waals surface area (Å²) in [5.41, 5.74) is -0.881. The van der Waals surface area contributed by atoms with Crippen LogP contribution in [-0.2, 0) is 11.0 Å². The normalized spacial score (nSPS) is 18.0. The number of benzene rings is 1. The first kappa shape index (κ1) is 23.3. The fourth-order valence-corrected chi connectivity index (χ4v) is 4.61.